The Kier molecular flexibility index (Phi) is 4.03. The molecule has 1 rings (SSSR count). The predicted octanol–water partition coefficient (Wildman–Crippen LogP) is 0.269. The summed E-state index contributed by atoms with van der Waals surface area (Å²) in [6, 6.07) is 6.53. The number of carboxylic acid groups (broad SMARTS) is 4. The molecular weight excluding hydrogens is 284 g/mol. The second-order valence-corrected chi connectivity index (χ2v) is 4.46. The molecule has 0 radical (unpaired) electrons. The Hall–Kier alpha value is -2.90. The topological polar surface area (TPSA) is 149 Å². The number of hydrogen-bond acceptors (Lipinski definition) is 4. The molecule has 1 aromatic rings. The average molecular weight is 296 g/mol. The molecule has 0 aromatic heterocycles. The summed E-state index contributed by atoms with van der Waals surface area (Å²) in [6.45, 7) is 0.765. The van der Waals surface area contributed by atoms with E-state index in [-0.39, 0.29) is 5.56 Å². The first-order chi connectivity index (χ1) is 9.63. The SMILES string of the molecule is CC(C(=O)O)(c1ccccc1)C(C(=O)O)(C(=O)O)C(=O)O. The molecule has 112 valence electrons. The Labute approximate surface area is 118 Å². The van der Waals surface area contributed by atoms with Crippen LogP contribution >= 0.6 is 0 Å². The second kappa shape index (κ2) is 5.23. The summed E-state index contributed by atoms with van der Waals surface area (Å²) in [5.74, 6) is -8.68. The van der Waals surface area contributed by atoms with Gasteiger partial charge in [-0.15, -0.1) is 0 Å². The minimum atomic E-state index is -3.57. The van der Waals surface area contributed by atoms with Gasteiger partial charge in [-0.2, -0.15) is 0 Å². The van der Waals surface area contributed by atoms with Gasteiger partial charge in [0.1, 0.15) is 5.41 Å². The van der Waals surface area contributed by atoms with Gasteiger partial charge in [0.25, 0.3) is 5.41 Å². The fraction of sp³-hybridized carbons (Fsp3) is 0.231. The van der Waals surface area contributed by atoms with Crippen LogP contribution in [0.15, 0.2) is 30.3 Å². The molecule has 0 fully saturated rings. The average Bonchev–Trinajstić information content (AvgIpc) is 2.38. The molecule has 0 heterocycles. The Bertz CT molecular complexity index is 570. The molecule has 1 aromatic carbocycles. The molecule has 0 spiro atoms. The van der Waals surface area contributed by atoms with E-state index in [0.717, 1.165) is 19.1 Å². The van der Waals surface area contributed by atoms with Crippen molar-refractivity contribution < 1.29 is 39.6 Å². The monoisotopic (exact) mass is 296 g/mol. The van der Waals surface area contributed by atoms with E-state index < -0.39 is 34.7 Å². The minimum absolute atomic E-state index is 0.246. The number of hydrogen-bond donors (Lipinski definition) is 4. The fourth-order valence-corrected chi connectivity index (χ4v) is 2.19. The quantitative estimate of drug-likeness (QED) is 0.546. The van der Waals surface area contributed by atoms with E-state index in [9.17, 15) is 39.6 Å². The summed E-state index contributed by atoms with van der Waals surface area (Å²) in [4.78, 5) is 45.8. The van der Waals surface area contributed by atoms with Crippen molar-refractivity contribution >= 4 is 23.9 Å². The van der Waals surface area contributed by atoms with E-state index in [0.29, 0.717) is 0 Å². The minimum Gasteiger partial charge on any atom is -0.481 e. The maximum atomic E-state index is 11.6. The van der Waals surface area contributed by atoms with E-state index in [1.54, 1.807) is 0 Å². The van der Waals surface area contributed by atoms with E-state index >= 15 is 0 Å². The van der Waals surface area contributed by atoms with Crippen molar-refractivity contribution in [2.45, 2.75) is 12.3 Å². The maximum absolute atomic E-state index is 11.6. The zero-order valence-corrected chi connectivity index (χ0v) is 10.8. The van der Waals surface area contributed by atoms with Crippen molar-refractivity contribution in [3.63, 3.8) is 0 Å². The van der Waals surface area contributed by atoms with Crippen LogP contribution in [0.4, 0.5) is 0 Å². The van der Waals surface area contributed by atoms with Gasteiger partial charge in [0.2, 0.25) is 0 Å². The van der Waals surface area contributed by atoms with E-state index in [2.05, 4.69) is 0 Å². The molecule has 1 unspecified atom stereocenters. The molecule has 0 aliphatic rings. The standard InChI is InChI=1S/C13H12O8/c1-12(8(14)15,7-5-3-2-4-6-7)13(9(16)17,10(18)19)11(20)21/h2-6H,1H3,(H,14,15)(H,16,17)(H,18,19)(H,20,21). The Morgan fingerprint density at radius 3 is 1.43 bits per heavy atom. The first kappa shape index (κ1) is 16.2. The molecule has 1 atom stereocenters. The molecule has 8 heteroatoms. The second-order valence-electron chi connectivity index (χ2n) is 4.46. The number of carboxylic acids is 4. The molecule has 0 saturated heterocycles. The number of rotatable bonds is 6. The van der Waals surface area contributed by atoms with Crippen molar-refractivity contribution in [3.05, 3.63) is 35.9 Å². The van der Waals surface area contributed by atoms with Crippen LogP contribution in [0.5, 0.6) is 0 Å². The van der Waals surface area contributed by atoms with Gasteiger partial charge < -0.3 is 20.4 Å². The number of carbonyl (C=O) groups is 4. The van der Waals surface area contributed by atoms with Gasteiger partial charge in [-0.1, -0.05) is 30.3 Å². The molecule has 0 amide bonds. The first-order valence-electron chi connectivity index (χ1n) is 5.62. The summed E-state index contributed by atoms with van der Waals surface area (Å²) in [5, 5.41) is 36.9. The van der Waals surface area contributed by atoms with Crippen LogP contribution < -0.4 is 0 Å². The van der Waals surface area contributed by atoms with Crippen LogP contribution in [-0.4, -0.2) is 44.3 Å². The fourth-order valence-electron chi connectivity index (χ4n) is 2.19. The highest BCUT2D eigenvalue weighted by molar-refractivity contribution is 6.21. The Morgan fingerprint density at radius 1 is 0.762 bits per heavy atom. The van der Waals surface area contributed by atoms with Gasteiger partial charge >= 0.3 is 23.9 Å². The number of benzene rings is 1. The van der Waals surface area contributed by atoms with Crippen LogP contribution in [-0.2, 0) is 24.6 Å². The van der Waals surface area contributed by atoms with Gasteiger partial charge in [0.05, 0.1) is 0 Å². The van der Waals surface area contributed by atoms with E-state index in [1.165, 1.54) is 18.2 Å². The highest BCUT2D eigenvalue weighted by Gasteiger charge is 2.70. The van der Waals surface area contributed by atoms with Crippen molar-refractivity contribution in [3.8, 4) is 0 Å². The lowest BCUT2D eigenvalue weighted by atomic mass is 9.60. The summed E-state index contributed by atoms with van der Waals surface area (Å²) in [7, 11) is 0. The summed E-state index contributed by atoms with van der Waals surface area (Å²) < 4.78 is 0. The zero-order valence-electron chi connectivity index (χ0n) is 10.8. The van der Waals surface area contributed by atoms with Crippen LogP contribution in [0.3, 0.4) is 0 Å². The Balaban J connectivity index is 3.87. The van der Waals surface area contributed by atoms with Crippen molar-refractivity contribution in [2.75, 3.05) is 0 Å². The molecule has 8 nitrogen and oxygen atoms in total. The van der Waals surface area contributed by atoms with Crippen molar-refractivity contribution in [1.29, 1.82) is 0 Å². The smallest absolute Gasteiger partial charge is 0.334 e. The van der Waals surface area contributed by atoms with Crippen LogP contribution in [0.25, 0.3) is 0 Å². The lowest BCUT2D eigenvalue weighted by Gasteiger charge is -2.36. The van der Waals surface area contributed by atoms with Crippen LogP contribution in [0.1, 0.15) is 12.5 Å². The molecule has 0 aliphatic heterocycles. The van der Waals surface area contributed by atoms with Crippen LogP contribution in [0, 0.1) is 5.41 Å². The third kappa shape index (κ3) is 2.00. The number of aliphatic carboxylic acids is 4. The van der Waals surface area contributed by atoms with E-state index in [4.69, 9.17) is 0 Å². The largest absolute Gasteiger partial charge is 0.481 e. The highest BCUT2D eigenvalue weighted by Crippen LogP contribution is 2.43. The zero-order chi connectivity index (χ0) is 16.4. The van der Waals surface area contributed by atoms with Crippen molar-refractivity contribution in [2.24, 2.45) is 5.41 Å². The predicted molar refractivity (Wildman–Crippen MR) is 66.8 cm³/mol. The molecule has 0 saturated carbocycles. The summed E-state index contributed by atoms with van der Waals surface area (Å²) in [6.07, 6.45) is 0. The van der Waals surface area contributed by atoms with Gasteiger partial charge in [0.15, 0.2) is 0 Å². The van der Waals surface area contributed by atoms with Crippen molar-refractivity contribution in [1.82, 2.24) is 0 Å². The highest BCUT2D eigenvalue weighted by atomic mass is 16.4. The Morgan fingerprint density at radius 2 is 1.14 bits per heavy atom. The third-order valence-corrected chi connectivity index (χ3v) is 3.49. The molecule has 4 N–H and O–H groups in total. The van der Waals surface area contributed by atoms with Gasteiger partial charge in [-0.05, 0) is 12.5 Å². The third-order valence-electron chi connectivity index (χ3n) is 3.49. The normalized spacial score (nSPS) is 14.0. The molecule has 0 bridgehead atoms. The van der Waals surface area contributed by atoms with Gasteiger partial charge in [0, 0.05) is 0 Å². The first-order valence-corrected chi connectivity index (χ1v) is 5.62. The van der Waals surface area contributed by atoms with E-state index in [1.807, 2.05) is 0 Å². The van der Waals surface area contributed by atoms with Gasteiger partial charge in [-0.3, -0.25) is 19.2 Å². The lowest BCUT2D eigenvalue weighted by Crippen LogP contribution is -2.62. The maximum Gasteiger partial charge on any atom is 0.334 e. The summed E-state index contributed by atoms with van der Waals surface area (Å²) >= 11 is 0. The van der Waals surface area contributed by atoms with Gasteiger partial charge in [-0.25, -0.2) is 0 Å². The van der Waals surface area contributed by atoms with Crippen LogP contribution in [0.2, 0.25) is 0 Å². The summed E-state index contributed by atoms with van der Waals surface area (Å²) in [5.41, 5.74) is -6.53. The lowest BCUT2D eigenvalue weighted by molar-refractivity contribution is -0.187. The molecule has 21 heavy (non-hydrogen) atoms. The molecule has 0 aliphatic carbocycles. The molecular formula is C13H12O8.